The third-order valence-electron chi connectivity index (χ3n) is 6.21. The van der Waals surface area contributed by atoms with Crippen LogP contribution in [0, 0.1) is 5.92 Å². The molecule has 2 saturated heterocycles. The molecule has 0 N–H and O–H groups in total. The van der Waals surface area contributed by atoms with Crippen molar-refractivity contribution in [2.75, 3.05) is 6.61 Å². The minimum atomic E-state index is -1.73. The SMILES string of the molecule is CC1(C)OC(=O)[C@H]2C[C@@H]3O[C@H](/C=C/CO[Si](C)(C)C(C)(C)C)C[C@@]32O1. The smallest absolute Gasteiger partial charge is 0.314 e. The largest absolute Gasteiger partial charge is 0.433 e. The van der Waals surface area contributed by atoms with Crippen LogP contribution in [-0.2, 0) is 23.4 Å². The summed E-state index contributed by atoms with van der Waals surface area (Å²) in [6.45, 7) is 15.4. The molecule has 25 heavy (non-hydrogen) atoms. The molecule has 3 rings (SSSR count). The average Bonchev–Trinajstić information content (AvgIpc) is 2.65. The van der Waals surface area contributed by atoms with E-state index in [2.05, 4.69) is 39.9 Å². The van der Waals surface area contributed by atoms with Gasteiger partial charge in [0, 0.05) is 20.3 Å². The topological polar surface area (TPSA) is 54.0 Å². The lowest BCUT2D eigenvalue weighted by Crippen LogP contribution is -2.68. The van der Waals surface area contributed by atoms with Gasteiger partial charge in [-0.1, -0.05) is 32.9 Å². The van der Waals surface area contributed by atoms with Crippen molar-refractivity contribution in [3.63, 3.8) is 0 Å². The summed E-state index contributed by atoms with van der Waals surface area (Å²) in [6, 6.07) is 0. The maximum atomic E-state index is 12.2. The Hall–Kier alpha value is -0.693. The Morgan fingerprint density at radius 3 is 2.64 bits per heavy atom. The van der Waals surface area contributed by atoms with Crippen LogP contribution in [-0.4, -0.2) is 44.5 Å². The summed E-state index contributed by atoms with van der Waals surface area (Å²) >= 11 is 0. The molecule has 0 radical (unpaired) electrons. The van der Waals surface area contributed by atoms with Crippen LogP contribution in [0.3, 0.4) is 0 Å². The fourth-order valence-corrected chi connectivity index (χ4v) is 4.70. The Bertz CT molecular complexity index is 577. The lowest BCUT2D eigenvalue weighted by Gasteiger charge is -2.55. The molecular weight excluding hydrogens is 336 g/mol. The molecule has 3 aliphatic rings. The highest BCUT2D eigenvalue weighted by atomic mass is 28.4. The molecule has 0 aromatic rings. The van der Waals surface area contributed by atoms with Crippen LogP contribution in [0.5, 0.6) is 0 Å². The van der Waals surface area contributed by atoms with E-state index in [1.165, 1.54) is 0 Å². The monoisotopic (exact) mass is 368 g/mol. The predicted molar refractivity (Wildman–Crippen MR) is 97.7 cm³/mol. The fraction of sp³-hybridized carbons (Fsp3) is 0.842. The number of hydrogen-bond acceptors (Lipinski definition) is 5. The van der Waals surface area contributed by atoms with Crippen molar-refractivity contribution in [1.29, 1.82) is 0 Å². The van der Waals surface area contributed by atoms with Crippen molar-refractivity contribution in [3.8, 4) is 0 Å². The molecule has 142 valence electrons. The second-order valence-electron chi connectivity index (χ2n) is 9.53. The summed E-state index contributed by atoms with van der Waals surface area (Å²) in [5.74, 6) is -1.21. The number of cyclic esters (lactones) is 1. The maximum Gasteiger partial charge on any atom is 0.314 e. The first-order valence-corrected chi connectivity index (χ1v) is 12.2. The van der Waals surface area contributed by atoms with Gasteiger partial charge in [0.1, 0.15) is 5.60 Å². The zero-order valence-electron chi connectivity index (χ0n) is 16.5. The molecule has 2 aliphatic heterocycles. The molecule has 1 spiro atoms. The van der Waals surface area contributed by atoms with Crippen molar-refractivity contribution < 1.29 is 23.4 Å². The Balaban J connectivity index is 1.58. The first-order valence-electron chi connectivity index (χ1n) is 9.25. The Labute approximate surface area is 152 Å². The summed E-state index contributed by atoms with van der Waals surface area (Å²) in [6.07, 6.45) is 5.47. The van der Waals surface area contributed by atoms with E-state index >= 15 is 0 Å². The second kappa shape index (κ2) is 5.91. The van der Waals surface area contributed by atoms with E-state index in [1.54, 1.807) is 13.8 Å². The molecule has 3 fully saturated rings. The first kappa shape index (κ1) is 19.1. The van der Waals surface area contributed by atoms with E-state index in [4.69, 9.17) is 18.6 Å². The highest BCUT2D eigenvalue weighted by molar-refractivity contribution is 6.74. The highest BCUT2D eigenvalue weighted by Gasteiger charge is 2.69. The quantitative estimate of drug-likeness (QED) is 0.429. The summed E-state index contributed by atoms with van der Waals surface area (Å²) in [4.78, 5) is 12.2. The van der Waals surface area contributed by atoms with Gasteiger partial charge >= 0.3 is 5.97 Å². The molecule has 5 nitrogen and oxygen atoms in total. The lowest BCUT2D eigenvalue weighted by molar-refractivity contribution is -0.342. The summed E-state index contributed by atoms with van der Waals surface area (Å²) in [5, 5.41) is 0.206. The van der Waals surface area contributed by atoms with Crippen LogP contribution in [0.2, 0.25) is 18.1 Å². The van der Waals surface area contributed by atoms with Crippen LogP contribution in [0.25, 0.3) is 0 Å². The third-order valence-corrected chi connectivity index (χ3v) is 10.7. The molecule has 0 unspecified atom stereocenters. The molecule has 6 heteroatoms. The predicted octanol–water partition coefficient (Wildman–Crippen LogP) is 3.79. The molecule has 2 heterocycles. The van der Waals surface area contributed by atoms with Gasteiger partial charge in [-0.2, -0.15) is 0 Å². The maximum absolute atomic E-state index is 12.2. The van der Waals surface area contributed by atoms with Crippen LogP contribution in [0.15, 0.2) is 12.2 Å². The molecule has 1 aliphatic carbocycles. The van der Waals surface area contributed by atoms with E-state index in [0.29, 0.717) is 19.4 Å². The fourth-order valence-electron chi connectivity index (χ4n) is 3.75. The standard InChI is InChI=1S/C19H32O5Si/c1-17(2,3)25(6,7)21-10-8-9-13-12-19-14(11-15(19)22-13)16(20)23-18(4,5)24-19/h8-9,13-15H,10-12H2,1-7H3/b9-8+/t13-,14-,15+,19+/m1/s1. The summed E-state index contributed by atoms with van der Waals surface area (Å²) in [5.41, 5.74) is -0.506. The lowest BCUT2D eigenvalue weighted by atomic mass is 9.65. The van der Waals surface area contributed by atoms with Crippen LogP contribution >= 0.6 is 0 Å². The highest BCUT2D eigenvalue weighted by Crippen LogP contribution is 2.57. The molecule has 0 aromatic heterocycles. The van der Waals surface area contributed by atoms with Gasteiger partial charge in [-0.3, -0.25) is 4.79 Å². The van der Waals surface area contributed by atoms with Crippen LogP contribution in [0.1, 0.15) is 47.5 Å². The van der Waals surface area contributed by atoms with Gasteiger partial charge < -0.3 is 18.6 Å². The first-order chi connectivity index (χ1) is 11.4. The van der Waals surface area contributed by atoms with Crippen molar-refractivity contribution >= 4 is 14.3 Å². The van der Waals surface area contributed by atoms with Crippen molar-refractivity contribution in [2.24, 2.45) is 5.92 Å². The van der Waals surface area contributed by atoms with Gasteiger partial charge in [0.25, 0.3) is 0 Å². The zero-order valence-corrected chi connectivity index (χ0v) is 17.5. The Kier molecular flexibility index (Phi) is 4.51. The van der Waals surface area contributed by atoms with Crippen molar-refractivity contribution in [1.82, 2.24) is 0 Å². The average molecular weight is 369 g/mol. The normalized spacial score (nSPS) is 37.4. The number of rotatable bonds is 4. The van der Waals surface area contributed by atoms with E-state index in [0.717, 1.165) is 0 Å². The Morgan fingerprint density at radius 2 is 2.00 bits per heavy atom. The molecule has 4 atom stereocenters. The van der Waals surface area contributed by atoms with Gasteiger partial charge in [0.15, 0.2) is 8.32 Å². The van der Waals surface area contributed by atoms with Gasteiger partial charge in [0.05, 0.1) is 24.7 Å². The minimum Gasteiger partial charge on any atom is -0.433 e. The Morgan fingerprint density at radius 1 is 1.32 bits per heavy atom. The van der Waals surface area contributed by atoms with Gasteiger partial charge in [0.2, 0.25) is 5.79 Å². The van der Waals surface area contributed by atoms with Gasteiger partial charge in [-0.15, -0.1) is 0 Å². The van der Waals surface area contributed by atoms with Gasteiger partial charge in [-0.25, -0.2) is 0 Å². The van der Waals surface area contributed by atoms with E-state index in [9.17, 15) is 4.79 Å². The van der Waals surface area contributed by atoms with Crippen LogP contribution < -0.4 is 0 Å². The zero-order chi connectivity index (χ0) is 18.7. The number of esters is 1. The van der Waals surface area contributed by atoms with E-state index in [1.807, 2.05) is 6.08 Å². The second-order valence-corrected chi connectivity index (χ2v) is 14.3. The minimum absolute atomic E-state index is 0.0133. The van der Waals surface area contributed by atoms with Crippen molar-refractivity contribution in [2.45, 2.75) is 89.2 Å². The van der Waals surface area contributed by atoms with E-state index in [-0.39, 0.29) is 29.1 Å². The molecule has 0 aromatic carbocycles. The number of hydrogen-bond donors (Lipinski definition) is 0. The molecule has 1 saturated carbocycles. The van der Waals surface area contributed by atoms with Crippen LogP contribution in [0.4, 0.5) is 0 Å². The molecule has 0 amide bonds. The summed E-state index contributed by atoms with van der Waals surface area (Å²) in [7, 11) is -1.73. The summed E-state index contributed by atoms with van der Waals surface area (Å²) < 4.78 is 23.8. The molecular formula is C19H32O5Si. The van der Waals surface area contributed by atoms with E-state index < -0.39 is 19.7 Å². The molecule has 0 bridgehead atoms. The number of carbonyl (C=O) groups excluding carboxylic acids is 1. The number of carbonyl (C=O) groups is 1. The van der Waals surface area contributed by atoms with Gasteiger partial charge in [-0.05, 0) is 24.6 Å². The van der Waals surface area contributed by atoms with Crippen molar-refractivity contribution in [3.05, 3.63) is 12.2 Å². The number of ether oxygens (including phenoxy) is 3. The third kappa shape index (κ3) is 3.34.